The van der Waals surface area contributed by atoms with Crippen LogP contribution in [0.4, 0.5) is 0 Å². The molecule has 0 N–H and O–H groups in total. The molecular formula is C21H29PtSi. The fourth-order valence-corrected chi connectivity index (χ4v) is 19.0. The molecule has 0 heterocycles. The molecule has 23 heavy (non-hydrogen) atoms. The van der Waals surface area contributed by atoms with E-state index in [0.717, 1.165) is 0 Å². The van der Waals surface area contributed by atoms with E-state index in [9.17, 15) is 0 Å². The minimum absolute atomic E-state index is 1.17. The summed E-state index contributed by atoms with van der Waals surface area (Å²) in [6.45, 7) is 5.05. The van der Waals surface area contributed by atoms with Crippen LogP contribution >= 0.6 is 0 Å². The SMILES string of the molecule is C[Si](C)(C1=[C]([Pt]([CH3])([CH3])([CH3])[C]2=CC=CC2)CC=C1)c1ccccc1. The van der Waals surface area contributed by atoms with Crippen LogP contribution in [0.1, 0.15) is 12.8 Å². The average molecular weight is 505 g/mol. The van der Waals surface area contributed by atoms with Crippen molar-refractivity contribution in [3.05, 3.63) is 73.8 Å². The third-order valence-corrected chi connectivity index (χ3v) is 21.0. The summed E-state index contributed by atoms with van der Waals surface area (Å²) in [4.78, 5) is 0. The van der Waals surface area contributed by atoms with Crippen LogP contribution in [0.25, 0.3) is 0 Å². The van der Waals surface area contributed by atoms with Gasteiger partial charge in [0, 0.05) is 0 Å². The van der Waals surface area contributed by atoms with Gasteiger partial charge in [0.25, 0.3) is 0 Å². The van der Waals surface area contributed by atoms with Crippen LogP contribution in [0.5, 0.6) is 0 Å². The number of rotatable bonds is 4. The first-order valence-corrected chi connectivity index (χ1v) is 20.1. The normalized spacial score (nSPS) is 19.9. The van der Waals surface area contributed by atoms with E-state index in [2.05, 4.69) is 89.7 Å². The van der Waals surface area contributed by atoms with Crippen molar-refractivity contribution in [1.82, 2.24) is 0 Å². The number of hydrogen-bond donors (Lipinski definition) is 0. The van der Waals surface area contributed by atoms with Gasteiger partial charge in [0.2, 0.25) is 0 Å². The van der Waals surface area contributed by atoms with Crippen LogP contribution in [-0.2, 0) is 14.8 Å². The molecule has 0 saturated heterocycles. The van der Waals surface area contributed by atoms with Gasteiger partial charge in [-0.25, -0.2) is 0 Å². The van der Waals surface area contributed by atoms with Gasteiger partial charge in [-0.3, -0.25) is 0 Å². The quantitative estimate of drug-likeness (QED) is 0.439. The minimum atomic E-state index is -2.70. The Balaban J connectivity index is 2.13. The predicted molar refractivity (Wildman–Crippen MR) is 104 cm³/mol. The van der Waals surface area contributed by atoms with E-state index in [1.165, 1.54) is 12.8 Å². The van der Waals surface area contributed by atoms with Crippen LogP contribution in [0.15, 0.2) is 73.8 Å². The Morgan fingerprint density at radius 1 is 0.913 bits per heavy atom. The summed E-state index contributed by atoms with van der Waals surface area (Å²) >= 11 is -2.70. The molecule has 0 aromatic heterocycles. The first-order valence-electron chi connectivity index (χ1n) is 8.03. The van der Waals surface area contributed by atoms with Crippen molar-refractivity contribution in [3.8, 4) is 0 Å². The topological polar surface area (TPSA) is 0 Å². The molecule has 0 bridgehead atoms. The van der Waals surface area contributed by atoms with Gasteiger partial charge in [-0.05, 0) is 0 Å². The van der Waals surface area contributed by atoms with E-state index < -0.39 is 22.9 Å². The summed E-state index contributed by atoms with van der Waals surface area (Å²) < 4.78 is 3.54. The molecule has 0 amide bonds. The number of allylic oxidation sites excluding steroid dienone is 8. The molecule has 0 aliphatic heterocycles. The Hall–Kier alpha value is -0.915. The maximum absolute atomic E-state index is 2.70. The van der Waals surface area contributed by atoms with Crippen molar-refractivity contribution in [1.29, 1.82) is 0 Å². The first-order chi connectivity index (χ1) is 10.7. The van der Waals surface area contributed by atoms with E-state index in [4.69, 9.17) is 0 Å². The van der Waals surface area contributed by atoms with E-state index in [-0.39, 0.29) is 0 Å². The second-order valence-corrected chi connectivity index (χ2v) is 29.0. The average Bonchev–Trinajstić information content (AvgIpc) is 3.20. The molecule has 0 nitrogen and oxygen atoms in total. The molecule has 2 aliphatic carbocycles. The van der Waals surface area contributed by atoms with Crippen molar-refractivity contribution in [2.45, 2.75) is 41.9 Å². The van der Waals surface area contributed by atoms with Gasteiger partial charge in [0.1, 0.15) is 0 Å². The second kappa shape index (κ2) is 5.57. The zero-order valence-corrected chi connectivity index (χ0v) is 18.3. The maximum atomic E-state index is 2.61. The fraction of sp³-hybridized carbons (Fsp3) is 0.333. The van der Waals surface area contributed by atoms with Crippen LogP contribution in [0.3, 0.4) is 0 Å². The van der Waals surface area contributed by atoms with Crippen LogP contribution in [-0.4, -0.2) is 8.07 Å². The van der Waals surface area contributed by atoms with Crippen molar-refractivity contribution in [2.24, 2.45) is 0 Å². The zero-order valence-electron chi connectivity index (χ0n) is 15.0. The summed E-state index contributed by atoms with van der Waals surface area (Å²) in [7, 11) is -1.63. The van der Waals surface area contributed by atoms with Gasteiger partial charge in [0.05, 0.1) is 0 Å². The second-order valence-electron chi connectivity index (χ2n) is 7.56. The Labute approximate surface area is 143 Å². The van der Waals surface area contributed by atoms with Crippen molar-refractivity contribution >= 4 is 13.3 Å². The van der Waals surface area contributed by atoms with Crippen LogP contribution < -0.4 is 5.19 Å². The molecule has 3 rings (SSSR count). The summed E-state index contributed by atoms with van der Waals surface area (Å²) in [6, 6.07) is 11.2. The molecule has 2 heteroatoms. The molecule has 0 radical (unpaired) electrons. The Morgan fingerprint density at radius 3 is 2.22 bits per heavy atom. The third-order valence-electron chi connectivity index (χ3n) is 5.10. The Morgan fingerprint density at radius 2 is 1.61 bits per heavy atom. The standard InChI is InChI=1S/C13H15Si.C5H5.3CH3.Pt/c1-14(2,13-10-6-7-11-13)12-8-4-3-5-9-12;1-2-4-5-3-1;;;;/h3-6,8-10H,7H2,1-2H3;1-3H,4H2;3*1H3;. The monoisotopic (exact) mass is 504 g/mol. The van der Waals surface area contributed by atoms with Gasteiger partial charge in [-0.15, -0.1) is 0 Å². The predicted octanol–water partition coefficient (Wildman–Crippen LogP) is 6.03. The van der Waals surface area contributed by atoms with Crippen molar-refractivity contribution in [3.63, 3.8) is 0 Å². The molecule has 0 unspecified atom stereocenters. The summed E-state index contributed by atoms with van der Waals surface area (Å²) in [5.41, 5.74) is 0. The van der Waals surface area contributed by atoms with Crippen LogP contribution in [0.2, 0.25) is 29.0 Å². The first kappa shape index (κ1) is 16.9. The van der Waals surface area contributed by atoms with Crippen LogP contribution in [0, 0.1) is 0 Å². The summed E-state index contributed by atoms with van der Waals surface area (Å²) in [6.07, 6.45) is 14.2. The van der Waals surface area contributed by atoms with Gasteiger partial charge < -0.3 is 0 Å². The van der Waals surface area contributed by atoms with Crippen molar-refractivity contribution in [2.75, 3.05) is 0 Å². The molecule has 0 fully saturated rings. The molecule has 0 spiro atoms. The van der Waals surface area contributed by atoms with E-state index in [0.29, 0.717) is 0 Å². The van der Waals surface area contributed by atoms with Crippen molar-refractivity contribution < 1.29 is 14.8 Å². The van der Waals surface area contributed by atoms with Gasteiger partial charge in [-0.2, -0.15) is 0 Å². The third kappa shape index (κ3) is 2.83. The van der Waals surface area contributed by atoms with E-state index >= 15 is 0 Å². The Kier molecular flexibility index (Phi) is 4.10. The molecule has 127 valence electrons. The molecule has 1 aromatic rings. The molecular weight excluding hydrogens is 475 g/mol. The number of hydrogen-bond acceptors (Lipinski definition) is 0. The molecule has 0 atom stereocenters. The van der Waals surface area contributed by atoms with Gasteiger partial charge >= 0.3 is 144 Å². The molecule has 1 aromatic carbocycles. The van der Waals surface area contributed by atoms with E-state index in [1.54, 1.807) is 14.3 Å². The fourth-order valence-electron chi connectivity index (χ4n) is 3.47. The molecule has 2 aliphatic rings. The van der Waals surface area contributed by atoms with Gasteiger partial charge in [-0.1, -0.05) is 0 Å². The molecule has 0 saturated carbocycles. The summed E-state index contributed by atoms with van der Waals surface area (Å²) in [5.74, 6) is 0. The van der Waals surface area contributed by atoms with Gasteiger partial charge in [0.15, 0.2) is 0 Å². The summed E-state index contributed by atoms with van der Waals surface area (Å²) in [5, 5.41) is 11.1. The van der Waals surface area contributed by atoms with E-state index in [1.807, 2.05) is 3.96 Å². The number of benzene rings is 1. The zero-order chi connectivity index (χ0) is 16.7. The Bertz CT molecular complexity index is 737.